The molecule has 0 saturated heterocycles. The van der Waals surface area contributed by atoms with Crippen LogP contribution in [0, 0.1) is 18.4 Å². The number of benzene rings is 1. The van der Waals surface area contributed by atoms with Gasteiger partial charge in [0.2, 0.25) is 5.70 Å². The lowest BCUT2D eigenvalue weighted by Crippen LogP contribution is -2.45. The molecule has 5 rings (SSSR count). The number of aryl methyl sites for hydroxylation is 1. The van der Waals surface area contributed by atoms with Crippen molar-refractivity contribution >= 4 is 29.0 Å². The number of fused-ring (bicyclic) bond motifs is 3. The van der Waals surface area contributed by atoms with Crippen LogP contribution in [0.1, 0.15) is 31.7 Å². The summed E-state index contributed by atoms with van der Waals surface area (Å²) in [4.78, 5) is 21.4. The summed E-state index contributed by atoms with van der Waals surface area (Å²) in [5.41, 5.74) is 3.40. The van der Waals surface area contributed by atoms with E-state index in [1.165, 1.54) is 0 Å². The third kappa shape index (κ3) is 2.96. The first-order valence-corrected chi connectivity index (χ1v) is 11.2. The number of hydrogen-bond donors (Lipinski definition) is 0. The number of hydrogen-bond acceptors (Lipinski definition) is 3. The molecule has 3 aromatic rings. The van der Waals surface area contributed by atoms with Gasteiger partial charge in [-0.05, 0) is 37.0 Å². The molecule has 0 bridgehead atoms. The molecule has 0 amide bonds. The molecule has 0 unspecified atom stereocenters. The number of halogens is 2. The summed E-state index contributed by atoms with van der Waals surface area (Å²) in [6, 6.07) is 5.49. The largest absolute Gasteiger partial charge is 0.308 e. The highest BCUT2D eigenvalue weighted by molar-refractivity contribution is 6.42. The first-order valence-electron chi connectivity index (χ1n) is 10.5. The van der Waals surface area contributed by atoms with Gasteiger partial charge in [0.25, 0.3) is 0 Å². The normalized spacial score (nSPS) is 24.5. The number of carbonyl (C=O) groups excluding carboxylic acids is 1. The number of rotatable bonds is 2. The van der Waals surface area contributed by atoms with Gasteiger partial charge in [-0.3, -0.25) is 9.25 Å². The van der Waals surface area contributed by atoms with Crippen molar-refractivity contribution in [2.45, 2.75) is 32.1 Å². The van der Waals surface area contributed by atoms with Gasteiger partial charge in [-0.2, -0.15) is 5.10 Å². The Balaban J connectivity index is 1.80. The highest BCUT2D eigenvalue weighted by Crippen LogP contribution is 2.51. The number of aromatic nitrogens is 4. The van der Waals surface area contributed by atoms with Crippen LogP contribution in [0.5, 0.6) is 0 Å². The molecule has 6 nitrogen and oxygen atoms in total. The van der Waals surface area contributed by atoms with Gasteiger partial charge in [-0.25, -0.2) is 9.83 Å². The molecule has 0 fully saturated rings. The molecule has 2 aromatic heterocycles. The smallest absolute Gasteiger partial charge is 0.226 e. The van der Waals surface area contributed by atoms with Crippen LogP contribution in [-0.4, -0.2) is 25.1 Å². The Bertz CT molecular complexity index is 1340. The molecule has 3 atom stereocenters. The van der Waals surface area contributed by atoms with Crippen LogP contribution in [0.2, 0.25) is 10.0 Å². The van der Waals surface area contributed by atoms with E-state index >= 15 is 0 Å². The van der Waals surface area contributed by atoms with Crippen LogP contribution in [-0.2, 0) is 23.7 Å². The summed E-state index contributed by atoms with van der Waals surface area (Å²) in [5, 5.41) is 5.30. The van der Waals surface area contributed by atoms with Crippen LogP contribution in [0.3, 0.4) is 0 Å². The van der Waals surface area contributed by atoms with E-state index in [0.29, 0.717) is 10.0 Å². The maximum absolute atomic E-state index is 12.7. The lowest BCUT2D eigenvalue weighted by molar-refractivity contribution is -0.121. The summed E-state index contributed by atoms with van der Waals surface area (Å²) in [6.07, 6.45) is 7.21. The molecule has 8 heteroatoms. The maximum atomic E-state index is 12.7. The lowest BCUT2D eigenvalue weighted by Gasteiger charge is -2.44. The van der Waals surface area contributed by atoms with Crippen molar-refractivity contribution < 1.29 is 4.79 Å². The first-order chi connectivity index (χ1) is 15.2. The molecule has 0 spiro atoms. The van der Waals surface area contributed by atoms with Crippen LogP contribution in [0.25, 0.3) is 21.9 Å². The van der Waals surface area contributed by atoms with E-state index in [0.717, 1.165) is 41.3 Å². The molecular formula is C24H21Cl2N5O. The third-order valence-corrected chi connectivity index (χ3v) is 7.64. The van der Waals surface area contributed by atoms with Crippen molar-refractivity contribution in [3.05, 3.63) is 75.2 Å². The van der Waals surface area contributed by atoms with Crippen LogP contribution in [0.4, 0.5) is 0 Å². The third-order valence-electron chi connectivity index (χ3n) is 6.90. The Morgan fingerprint density at radius 2 is 2.06 bits per heavy atom. The molecule has 1 aromatic carbocycles. The average molecular weight is 466 g/mol. The average Bonchev–Trinajstić information content (AvgIpc) is 3.36. The van der Waals surface area contributed by atoms with Crippen molar-refractivity contribution in [3.8, 4) is 17.1 Å². The zero-order valence-corrected chi connectivity index (χ0v) is 19.4. The van der Waals surface area contributed by atoms with Crippen LogP contribution >= 0.6 is 23.2 Å². The minimum atomic E-state index is -0.515. The van der Waals surface area contributed by atoms with Crippen molar-refractivity contribution in [1.29, 1.82) is 0 Å². The number of carbonyl (C=O) groups is 1. The first kappa shape index (κ1) is 21.0. The Morgan fingerprint density at radius 3 is 2.72 bits per heavy atom. The summed E-state index contributed by atoms with van der Waals surface area (Å²) in [5.74, 6) is 0.541. The molecule has 0 radical (unpaired) electrons. The minimum Gasteiger partial charge on any atom is -0.308 e. The number of allylic oxidation sites excluding steroid dienone is 2. The number of nitrogens with zero attached hydrogens (tertiary/aromatic N) is 5. The van der Waals surface area contributed by atoms with Gasteiger partial charge in [-0.15, -0.1) is 0 Å². The van der Waals surface area contributed by atoms with Crippen molar-refractivity contribution in [2.24, 2.45) is 18.9 Å². The SMILES string of the molecule is [C-]#[N+]C1=C[C@@]2(C)c3nc(-c4ccc(Cl)c(Cl)c4)n(-c4cnn(C)c4)c3CC[C@@H]2[C@@H](C)C1=O. The van der Waals surface area contributed by atoms with Gasteiger partial charge in [-0.1, -0.05) is 43.1 Å². The highest BCUT2D eigenvalue weighted by Gasteiger charge is 2.50. The summed E-state index contributed by atoms with van der Waals surface area (Å²) in [6.45, 7) is 11.6. The zero-order chi connectivity index (χ0) is 22.8. The molecule has 0 aliphatic heterocycles. The van der Waals surface area contributed by atoms with E-state index in [-0.39, 0.29) is 23.3 Å². The molecule has 32 heavy (non-hydrogen) atoms. The molecule has 0 saturated carbocycles. The fourth-order valence-corrected chi connectivity index (χ4v) is 5.62. The van der Waals surface area contributed by atoms with Crippen molar-refractivity contribution in [1.82, 2.24) is 19.3 Å². The predicted molar refractivity (Wildman–Crippen MR) is 124 cm³/mol. The Morgan fingerprint density at radius 1 is 1.28 bits per heavy atom. The zero-order valence-electron chi connectivity index (χ0n) is 17.9. The van der Waals surface area contributed by atoms with Gasteiger partial charge in [0, 0.05) is 35.8 Å². The Labute approximate surface area is 196 Å². The monoisotopic (exact) mass is 465 g/mol. The highest BCUT2D eigenvalue weighted by atomic mass is 35.5. The standard InChI is InChI=1S/C24H21Cl2N5O/c1-13-16-6-8-20-22(24(16,2)10-19(27-3)21(13)32)29-23(14-5-7-17(25)18(26)9-14)31(20)15-11-28-30(4)12-15/h5,7,9-13,16H,6,8H2,1-2,4H3/t13-,16-,24-/m1/s1. The predicted octanol–water partition coefficient (Wildman–Crippen LogP) is 5.42. The van der Waals surface area contributed by atoms with Gasteiger partial charge < -0.3 is 4.79 Å². The summed E-state index contributed by atoms with van der Waals surface area (Å²) in [7, 11) is 1.88. The Kier molecular flexibility index (Phi) is 4.81. The number of Topliss-reactive ketones (excluding diaryl/α,β-unsaturated/α-hetero) is 1. The fourth-order valence-electron chi connectivity index (χ4n) is 5.32. The van der Waals surface area contributed by atoms with Crippen LogP contribution < -0.4 is 0 Å². The second-order valence-corrected chi connectivity index (χ2v) is 9.60. The number of imidazole rings is 1. The number of ketones is 1. The maximum Gasteiger partial charge on any atom is 0.226 e. The van der Waals surface area contributed by atoms with Crippen molar-refractivity contribution in [3.63, 3.8) is 0 Å². The van der Waals surface area contributed by atoms with E-state index < -0.39 is 5.41 Å². The van der Waals surface area contributed by atoms with Gasteiger partial charge in [0.1, 0.15) is 5.82 Å². The fraction of sp³-hybridized carbons (Fsp3) is 0.333. The molecule has 2 aliphatic rings. The topological polar surface area (TPSA) is 57.1 Å². The van der Waals surface area contributed by atoms with E-state index in [9.17, 15) is 4.79 Å². The summed E-state index contributed by atoms with van der Waals surface area (Å²) < 4.78 is 3.88. The van der Waals surface area contributed by atoms with Gasteiger partial charge >= 0.3 is 0 Å². The van der Waals surface area contributed by atoms with E-state index in [1.807, 2.05) is 44.6 Å². The second kappa shape index (κ2) is 7.33. The van der Waals surface area contributed by atoms with Crippen LogP contribution in [0.15, 0.2) is 42.4 Å². The second-order valence-electron chi connectivity index (χ2n) is 8.79. The van der Waals surface area contributed by atoms with E-state index in [2.05, 4.69) is 21.4 Å². The molecule has 162 valence electrons. The van der Waals surface area contributed by atoms with Crippen molar-refractivity contribution in [2.75, 3.05) is 0 Å². The van der Waals surface area contributed by atoms with Gasteiger partial charge in [0.05, 0.1) is 34.2 Å². The quantitative estimate of drug-likeness (QED) is 0.474. The molecule has 2 heterocycles. The minimum absolute atomic E-state index is 0.0673. The van der Waals surface area contributed by atoms with E-state index in [4.69, 9.17) is 34.8 Å². The molecular weight excluding hydrogens is 445 g/mol. The van der Waals surface area contributed by atoms with Gasteiger partial charge in [0.15, 0.2) is 5.78 Å². The summed E-state index contributed by atoms with van der Waals surface area (Å²) >= 11 is 12.5. The van der Waals surface area contributed by atoms with E-state index in [1.54, 1.807) is 10.7 Å². The Hall–Kier alpha value is -2.88. The molecule has 2 aliphatic carbocycles. The molecule has 0 N–H and O–H groups in total. The lowest BCUT2D eigenvalue weighted by atomic mass is 9.59.